The van der Waals surface area contributed by atoms with Crippen LogP contribution in [0, 0.1) is 0 Å². The average molecular weight is 344 g/mol. The molecule has 1 fully saturated rings. The Kier molecular flexibility index (Phi) is 4.97. The number of benzene rings is 1. The lowest BCUT2D eigenvalue weighted by molar-refractivity contribution is -0.0585. The number of carbonyl (C=O) groups is 2. The number of hydrogen-bond acceptors (Lipinski definition) is 4. The number of nitrogens with one attached hydrogen (secondary N) is 1. The van der Waals surface area contributed by atoms with E-state index in [0.717, 1.165) is 0 Å². The summed E-state index contributed by atoms with van der Waals surface area (Å²) in [6.45, 7) is 5.02. The number of morpholine rings is 1. The fraction of sp³-hybridized carbons (Fsp3) is 0.333. The summed E-state index contributed by atoms with van der Waals surface area (Å²) >= 11 is 1.46. The van der Waals surface area contributed by atoms with Gasteiger partial charge in [0.2, 0.25) is 0 Å². The lowest BCUT2D eigenvalue weighted by Gasteiger charge is -2.35. The third-order valence-corrected chi connectivity index (χ3v) is 4.58. The molecular weight excluding hydrogens is 324 g/mol. The van der Waals surface area contributed by atoms with Crippen LogP contribution >= 0.6 is 11.3 Å². The molecule has 2 atom stereocenters. The zero-order chi connectivity index (χ0) is 17.1. The minimum atomic E-state index is -0.208. The van der Waals surface area contributed by atoms with E-state index in [1.165, 1.54) is 11.3 Å². The fourth-order valence-electron chi connectivity index (χ4n) is 2.88. The van der Waals surface area contributed by atoms with Gasteiger partial charge in [0, 0.05) is 18.5 Å². The molecule has 2 amide bonds. The van der Waals surface area contributed by atoms with Gasteiger partial charge in [-0.25, -0.2) is 0 Å². The normalized spacial score (nSPS) is 20.7. The molecule has 2 aromatic rings. The van der Waals surface area contributed by atoms with E-state index in [2.05, 4.69) is 5.32 Å². The second-order valence-corrected chi connectivity index (χ2v) is 6.76. The van der Waals surface area contributed by atoms with Gasteiger partial charge in [0.1, 0.15) is 0 Å². The van der Waals surface area contributed by atoms with Crippen LogP contribution in [0.2, 0.25) is 0 Å². The second kappa shape index (κ2) is 7.15. The number of hydrogen-bond donors (Lipinski definition) is 1. The van der Waals surface area contributed by atoms with Crippen LogP contribution in [0.1, 0.15) is 34.6 Å². The second-order valence-electron chi connectivity index (χ2n) is 5.98. The first-order chi connectivity index (χ1) is 11.5. The molecule has 1 aromatic heterocycles. The molecule has 0 aliphatic carbocycles. The van der Waals surface area contributed by atoms with Crippen molar-refractivity contribution in [3.8, 4) is 0 Å². The first kappa shape index (κ1) is 16.7. The highest BCUT2D eigenvalue weighted by Gasteiger charge is 2.28. The Morgan fingerprint density at radius 3 is 2.54 bits per heavy atom. The van der Waals surface area contributed by atoms with Crippen molar-refractivity contribution in [1.82, 2.24) is 4.90 Å². The number of anilines is 1. The predicted molar refractivity (Wildman–Crippen MR) is 94.6 cm³/mol. The quantitative estimate of drug-likeness (QED) is 0.930. The van der Waals surface area contributed by atoms with E-state index in [4.69, 9.17) is 4.74 Å². The summed E-state index contributed by atoms with van der Waals surface area (Å²) in [5, 5.41) is 6.48. The summed E-state index contributed by atoms with van der Waals surface area (Å²) < 4.78 is 5.68. The van der Waals surface area contributed by atoms with Crippen LogP contribution in [0.25, 0.3) is 0 Å². The van der Waals surface area contributed by atoms with E-state index in [9.17, 15) is 9.59 Å². The molecule has 0 spiro atoms. The maximum atomic E-state index is 12.9. The van der Waals surface area contributed by atoms with Gasteiger partial charge in [-0.3, -0.25) is 9.59 Å². The van der Waals surface area contributed by atoms with E-state index in [-0.39, 0.29) is 24.0 Å². The molecule has 1 N–H and O–H groups in total. The Bertz CT molecular complexity index is 720. The number of amides is 2. The summed E-state index contributed by atoms with van der Waals surface area (Å²) in [4.78, 5) is 27.0. The molecule has 0 bridgehead atoms. The van der Waals surface area contributed by atoms with E-state index in [1.807, 2.05) is 25.3 Å². The molecule has 0 radical (unpaired) electrons. The van der Waals surface area contributed by atoms with Crippen LogP contribution in [-0.4, -0.2) is 42.0 Å². The summed E-state index contributed by atoms with van der Waals surface area (Å²) in [7, 11) is 0. The van der Waals surface area contributed by atoms with Crippen LogP contribution < -0.4 is 5.32 Å². The maximum Gasteiger partial charge on any atom is 0.256 e. The van der Waals surface area contributed by atoms with Crippen molar-refractivity contribution in [3.05, 3.63) is 52.2 Å². The van der Waals surface area contributed by atoms with Crippen molar-refractivity contribution in [2.75, 3.05) is 18.4 Å². The number of rotatable bonds is 3. The molecule has 24 heavy (non-hydrogen) atoms. The predicted octanol–water partition coefficient (Wildman–Crippen LogP) is 3.25. The zero-order valence-electron chi connectivity index (χ0n) is 13.7. The summed E-state index contributed by atoms with van der Waals surface area (Å²) in [6.07, 6.45) is 0.00974. The Morgan fingerprint density at radius 2 is 1.88 bits per heavy atom. The topological polar surface area (TPSA) is 58.6 Å². The SMILES string of the molecule is CC1CN(C(=O)c2ccccc2NC(=O)c2ccsc2)CC(C)O1. The molecule has 1 aliphatic rings. The van der Waals surface area contributed by atoms with Gasteiger partial charge in [0.15, 0.2) is 0 Å². The Morgan fingerprint density at radius 1 is 1.17 bits per heavy atom. The van der Waals surface area contributed by atoms with Gasteiger partial charge in [-0.1, -0.05) is 12.1 Å². The third kappa shape index (κ3) is 3.66. The monoisotopic (exact) mass is 344 g/mol. The number of para-hydroxylation sites is 1. The first-order valence-corrected chi connectivity index (χ1v) is 8.86. The summed E-state index contributed by atoms with van der Waals surface area (Å²) in [6, 6.07) is 8.88. The average Bonchev–Trinajstić information content (AvgIpc) is 3.08. The zero-order valence-corrected chi connectivity index (χ0v) is 14.5. The molecule has 1 aliphatic heterocycles. The van der Waals surface area contributed by atoms with Crippen LogP contribution in [-0.2, 0) is 4.74 Å². The van der Waals surface area contributed by atoms with Crippen molar-refractivity contribution in [1.29, 1.82) is 0 Å². The number of thiophene rings is 1. The molecule has 1 aromatic carbocycles. The van der Waals surface area contributed by atoms with E-state index in [1.54, 1.807) is 34.5 Å². The molecule has 6 heteroatoms. The van der Waals surface area contributed by atoms with E-state index < -0.39 is 0 Å². The van der Waals surface area contributed by atoms with Crippen molar-refractivity contribution in [2.45, 2.75) is 26.1 Å². The van der Waals surface area contributed by atoms with Crippen LogP contribution in [0.5, 0.6) is 0 Å². The van der Waals surface area contributed by atoms with Gasteiger partial charge in [0.25, 0.3) is 11.8 Å². The molecule has 3 rings (SSSR count). The molecule has 0 saturated carbocycles. The van der Waals surface area contributed by atoms with Crippen molar-refractivity contribution in [2.24, 2.45) is 0 Å². The molecule has 126 valence electrons. The highest BCUT2D eigenvalue weighted by molar-refractivity contribution is 7.08. The van der Waals surface area contributed by atoms with E-state index in [0.29, 0.717) is 29.9 Å². The van der Waals surface area contributed by atoms with E-state index >= 15 is 0 Å². The Hall–Kier alpha value is -2.18. The van der Waals surface area contributed by atoms with Gasteiger partial charge in [-0.15, -0.1) is 0 Å². The maximum absolute atomic E-state index is 12.9. The molecule has 5 nitrogen and oxygen atoms in total. The highest BCUT2D eigenvalue weighted by atomic mass is 32.1. The first-order valence-electron chi connectivity index (χ1n) is 7.92. The number of nitrogens with zero attached hydrogens (tertiary/aromatic N) is 1. The van der Waals surface area contributed by atoms with Gasteiger partial charge < -0.3 is 15.0 Å². The standard InChI is InChI=1S/C18H20N2O3S/c1-12-9-20(10-13(2)23-12)18(22)15-5-3-4-6-16(15)19-17(21)14-7-8-24-11-14/h3-8,11-13H,9-10H2,1-2H3,(H,19,21). The van der Waals surface area contributed by atoms with Crippen molar-refractivity contribution < 1.29 is 14.3 Å². The minimum absolute atomic E-state index is 0.00487. The Balaban J connectivity index is 1.81. The molecule has 2 unspecified atom stereocenters. The number of ether oxygens (including phenoxy) is 1. The highest BCUT2D eigenvalue weighted by Crippen LogP contribution is 2.21. The molecule has 2 heterocycles. The molecular formula is C18H20N2O3S. The minimum Gasteiger partial charge on any atom is -0.372 e. The van der Waals surface area contributed by atoms with Crippen molar-refractivity contribution in [3.63, 3.8) is 0 Å². The van der Waals surface area contributed by atoms with Crippen molar-refractivity contribution >= 4 is 28.8 Å². The number of carbonyl (C=O) groups excluding carboxylic acids is 2. The van der Waals surface area contributed by atoms with Gasteiger partial charge in [-0.2, -0.15) is 11.3 Å². The van der Waals surface area contributed by atoms with Gasteiger partial charge in [0.05, 0.1) is 29.0 Å². The largest absolute Gasteiger partial charge is 0.372 e. The third-order valence-electron chi connectivity index (χ3n) is 3.90. The van der Waals surface area contributed by atoms with Crippen LogP contribution in [0.4, 0.5) is 5.69 Å². The van der Waals surface area contributed by atoms with Crippen LogP contribution in [0.3, 0.4) is 0 Å². The van der Waals surface area contributed by atoms with Crippen LogP contribution in [0.15, 0.2) is 41.1 Å². The Labute approximate surface area is 145 Å². The lowest BCUT2D eigenvalue weighted by atomic mass is 10.1. The fourth-order valence-corrected chi connectivity index (χ4v) is 3.52. The summed E-state index contributed by atoms with van der Waals surface area (Å²) in [5.74, 6) is -0.293. The van der Waals surface area contributed by atoms with Gasteiger partial charge >= 0.3 is 0 Å². The lowest BCUT2D eigenvalue weighted by Crippen LogP contribution is -2.48. The van der Waals surface area contributed by atoms with Gasteiger partial charge in [-0.05, 0) is 37.4 Å². The molecule has 1 saturated heterocycles. The smallest absolute Gasteiger partial charge is 0.256 e. The summed E-state index contributed by atoms with van der Waals surface area (Å²) in [5.41, 5.74) is 1.63.